The summed E-state index contributed by atoms with van der Waals surface area (Å²) in [5.41, 5.74) is 8.74. The molecule has 2 heterocycles. The Kier molecular flexibility index (Phi) is 13.0. The average molecular weight is 443 g/mol. The number of rotatable bonds is 5. The molecular weight excluding hydrogens is 400 g/mol. The molecule has 3 rings (SSSR count). The van der Waals surface area contributed by atoms with Crippen molar-refractivity contribution in [1.29, 1.82) is 0 Å². The predicted molar refractivity (Wildman–Crippen MR) is 134 cm³/mol. The van der Waals surface area contributed by atoms with Gasteiger partial charge in [0.15, 0.2) is 0 Å². The Balaban J connectivity index is 0.000000330. The summed E-state index contributed by atoms with van der Waals surface area (Å²) < 4.78 is 5.74. The van der Waals surface area contributed by atoms with Crippen LogP contribution < -0.4 is 10.5 Å². The molecule has 0 unspecified atom stereocenters. The number of aromatic nitrogens is 2. The first-order valence-electron chi connectivity index (χ1n) is 11.9. The van der Waals surface area contributed by atoms with Gasteiger partial charge in [-0.3, -0.25) is 4.79 Å². The molecule has 178 valence electrons. The molecule has 1 fully saturated rings. The number of nitrogens with zero attached hydrogens (tertiary/aromatic N) is 3. The second kappa shape index (κ2) is 15.2. The number of benzene rings is 1. The van der Waals surface area contributed by atoms with Gasteiger partial charge in [-0.15, -0.1) is 0 Å². The molecule has 1 aliphatic rings. The van der Waals surface area contributed by atoms with E-state index in [4.69, 9.17) is 10.5 Å². The molecule has 0 bridgehead atoms. The second-order valence-corrected chi connectivity index (χ2v) is 8.25. The van der Waals surface area contributed by atoms with Crippen LogP contribution in [0.4, 0.5) is 5.95 Å². The van der Waals surface area contributed by atoms with Crippen LogP contribution in [0.2, 0.25) is 0 Å². The number of piperidine rings is 1. The van der Waals surface area contributed by atoms with E-state index in [1.165, 1.54) is 24.8 Å². The van der Waals surface area contributed by atoms with Crippen LogP contribution >= 0.6 is 0 Å². The Bertz CT molecular complexity index is 785. The lowest BCUT2D eigenvalue weighted by molar-refractivity contribution is -0.130. The first-order valence-corrected chi connectivity index (χ1v) is 11.9. The van der Waals surface area contributed by atoms with Crippen molar-refractivity contribution in [3.63, 3.8) is 0 Å². The van der Waals surface area contributed by atoms with E-state index in [2.05, 4.69) is 50.7 Å². The number of anilines is 1. The number of nitrogens with two attached hydrogens (primary N) is 1. The summed E-state index contributed by atoms with van der Waals surface area (Å²) in [5, 5.41) is 0. The maximum atomic E-state index is 10.8. The standard InChI is InChI=1S/C15H19N3O.C8H15NO.C3H8/c1-3-7-19-14-6-5-12(8-11(14)4-2)13-9-17-15(16)18-10-13;1-7-3-5-9(6-4-7)8(2)10;1-3-2/h5-6,8-10H,3-4,7H2,1-2H3,(H2,16,17,18);7H,3-6H2,1-2H3;3H2,1-2H3. The summed E-state index contributed by atoms with van der Waals surface area (Å²) in [4.78, 5) is 20.8. The lowest BCUT2D eigenvalue weighted by Crippen LogP contribution is -2.36. The smallest absolute Gasteiger partial charge is 0.219 e. The summed E-state index contributed by atoms with van der Waals surface area (Å²) in [7, 11) is 0. The van der Waals surface area contributed by atoms with Crippen LogP contribution in [0.5, 0.6) is 5.75 Å². The molecule has 2 aromatic rings. The molecule has 1 aliphatic heterocycles. The minimum absolute atomic E-state index is 0.229. The van der Waals surface area contributed by atoms with Crippen LogP contribution in [0.3, 0.4) is 0 Å². The van der Waals surface area contributed by atoms with Crippen molar-refractivity contribution < 1.29 is 9.53 Å². The lowest BCUT2D eigenvalue weighted by Gasteiger charge is -2.29. The van der Waals surface area contributed by atoms with Crippen LogP contribution in [0, 0.1) is 5.92 Å². The van der Waals surface area contributed by atoms with Crippen molar-refractivity contribution in [3.8, 4) is 16.9 Å². The van der Waals surface area contributed by atoms with Gasteiger partial charge in [0.05, 0.1) is 6.61 Å². The molecule has 6 heteroatoms. The number of aryl methyl sites for hydroxylation is 1. The van der Waals surface area contributed by atoms with E-state index in [1.807, 2.05) is 17.0 Å². The number of likely N-dealkylation sites (tertiary alicyclic amines) is 1. The number of hydrogen-bond acceptors (Lipinski definition) is 5. The Morgan fingerprint density at radius 3 is 2.19 bits per heavy atom. The third kappa shape index (κ3) is 9.67. The zero-order valence-corrected chi connectivity index (χ0v) is 20.9. The zero-order valence-electron chi connectivity index (χ0n) is 20.9. The molecule has 1 amide bonds. The van der Waals surface area contributed by atoms with E-state index in [9.17, 15) is 4.79 Å². The molecule has 0 spiro atoms. The fourth-order valence-electron chi connectivity index (χ4n) is 3.20. The average Bonchev–Trinajstić information content (AvgIpc) is 2.79. The number of hydrogen-bond donors (Lipinski definition) is 1. The summed E-state index contributed by atoms with van der Waals surface area (Å²) in [6.45, 7) is 15.1. The van der Waals surface area contributed by atoms with Gasteiger partial charge in [-0.25, -0.2) is 9.97 Å². The second-order valence-electron chi connectivity index (χ2n) is 8.25. The van der Waals surface area contributed by atoms with Crippen molar-refractivity contribution in [1.82, 2.24) is 14.9 Å². The number of ether oxygens (including phenoxy) is 1. The first kappa shape index (κ1) is 27.4. The molecule has 0 radical (unpaired) electrons. The van der Waals surface area contributed by atoms with Crippen LogP contribution in [0.1, 0.15) is 72.8 Å². The Hall–Kier alpha value is -2.63. The predicted octanol–water partition coefficient (Wildman–Crippen LogP) is 5.76. The molecule has 1 saturated heterocycles. The van der Waals surface area contributed by atoms with Crippen molar-refractivity contribution >= 4 is 11.9 Å². The zero-order chi connectivity index (χ0) is 23.9. The third-order valence-corrected chi connectivity index (χ3v) is 5.14. The molecule has 0 aliphatic carbocycles. The van der Waals surface area contributed by atoms with Gasteiger partial charge in [-0.05, 0) is 54.9 Å². The van der Waals surface area contributed by atoms with Gasteiger partial charge in [0.25, 0.3) is 0 Å². The Morgan fingerprint density at radius 2 is 1.69 bits per heavy atom. The molecular formula is C26H42N4O2. The third-order valence-electron chi connectivity index (χ3n) is 5.14. The summed E-state index contributed by atoms with van der Waals surface area (Å²) >= 11 is 0. The monoisotopic (exact) mass is 442 g/mol. The topological polar surface area (TPSA) is 81.3 Å². The normalized spacial score (nSPS) is 13.4. The minimum atomic E-state index is 0.229. The van der Waals surface area contributed by atoms with Crippen molar-refractivity contribution in [2.45, 2.75) is 73.6 Å². The largest absolute Gasteiger partial charge is 0.493 e. The van der Waals surface area contributed by atoms with Crippen LogP contribution in [0.15, 0.2) is 30.6 Å². The highest BCUT2D eigenvalue weighted by molar-refractivity contribution is 5.73. The molecule has 0 atom stereocenters. The molecule has 1 aromatic carbocycles. The molecule has 2 N–H and O–H groups in total. The Morgan fingerprint density at radius 1 is 1.09 bits per heavy atom. The summed E-state index contributed by atoms with van der Waals surface area (Å²) in [6.07, 6.45) is 9.03. The molecule has 32 heavy (non-hydrogen) atoms. The highest BCUT2D eigenvalue weighted by atomic mass is 16.5. The van der Waals surface area contributed by atoms with Crippen LogP contribution in [-0.4, -0.2) is 40.5 Å². The molecule has 6 nitrogen and oxygen atoms in total. The van der Waals surface area contributed by atoms with E-state index in [-0.39, 0.29) is 5.91 Å². The van der Waals surface area contributed by atoms with Gasteiger partial charge in [0.1, 0.15) is 5.75 Å². The van der Waals surface area contributed by atoms with Crippen LogP contribution in [-0.2, 0) is 11.2 Å². The number of nitrogen functional groups attached to an aromatic ring is 1. The van der Waals surface area contributed by atoms with Gasteiger partial charge < -0.3 is 15.4 Å². The van der Waals surface area contributed by atoms with E-state index >= 15 is 0 Å². The maximum absolute atomic E-state index is 10.8. The van der Waals surface area contributed by atoms with E-state index < -0.39 is 0 Å². The SMILES string of the molecule is CC(=O)N1CCC(C)CC1.CCC.CCCOc1ccc(-c2cnc(N)nc2)cc1CC. The van der Waals surface area contributed by atoms with Crippen LogP contribution in [0.25, 0.3) is 11.1 Å². The molecule has 1 aromatic heterocycles. The van der Waals surface area contributed by atoms with Gasteiger partial charge >= 0.3 is 0 Å². The highest BCUT2D eigenvalue weighted by Gasteiger charge is 2.16. The Labute approximate surface area is 194 Å². The van der Waals surface area contributed by atoms with Gasteiger partial charge in [0, 0.05) is 38.0 Å². The van der Waals surface area contributed by atoms with Gasteiger partial charge in [-0.2, -0.15) is 0 Å². The van der Waals surface area contributed by atoms with E-state index in [0.29, 0.717) is 5.95 Å². The fraction of sp³-hybridized carbons (Fsp3) is 0.577. The quantitative estimate of drug-likeness (QED) is 0.637. The maximum Gasteiger partial charge on any atom is 0.219 e. The number of carbonyl (C=O) groups is 1. The van der Waals surface area contributed by atoms with Crippen molar-refractivity contribution in [3.05, 3.63) is 36.2 Å². The lowest BCUT2D eigenvalue weighted by atomic mass is 9.99. The number of carbonyl (C=O) groups excluding carboxylic acids is 1. The van der Waals surface area contributed by atoms with Crippen molar-refractivity contribution in [2.75, 3.05) is 25.4 Å². The fourth-order valence-corrected chi connectivity index (χ4v) is 3.20. The number of amides is 1. The first-order chi connectivity index (χ1) is 15.4. The van der Waals surface area contributed by atoms with Gasteiger partial charge in [0.2, 0.25) is 11.9 Å². The summed E-state index contributed by atoms with van der Waals surface area (Å²) in [5.74, 6) is 2.30. The van der Waals surface area contributed by atoms with E-state index in [1.54, 1.807) is 19.3 Å². The van der Waals surface area contributed by atoms with Crippen molar-refractivity contribution in [2.24, 2.45) is 5.92 Å². The summed E-state index contributed by atoms with van der Waals surface area (Å²) in [6, 6.07) is 6.17. The molecule has 0 saturated carbocycles. The van der Waals surface area contributed by atoms with Gasteiger partial charge in [-0.1, -0.05) is 47.1 Å². The van der Waals surface area contributed by atoms with E-state index in [0.717, 1.165) is 55.3 Å². The highest BCUT2D eigenvalue weighted by Crippen LogP contribution is 2.26. The minimum Gasteiger partial charge on any atom is -0.493 e.